The normalized spacial score (nSPS) is 24.6. The van der Waals surface area contributed by atoms with E-state index in [9.17, 15) is 58.2 Å². The highest BCUT2D eigenvalue weighted by Gasteiger charge is 2.59. The van der Waals surface area contributed by atoms with E-state index in [0.29, 0.717) is 47.1 Å². The molecule has 4 heterocycles. The maximum atomic E-state index is 14.6. The molecule has 2 unspecified atom stereocenters. The topological polar surface area (TPSA) is 291 Å². The zero-order chi connectivity index (χ0) is 71.0. The number of carbonyl (C=O) groups excluding carboxylic acids is 10. The van der Waals surface area contributed by atoms with Gasteiger partial charge in [0, 0.05) is 96.2 Å². The molecule has 8 amide bonds. The van der Waals surface area contributed by atoms with E-state index in [1.54, 1.807) is 58.3 Å². The van der Waals surface area contributed by atoms with Crippen LogP contribution in [0, 0.1) is 33.5 Å². The highest BCUT2D eigenvalue weighted by atomic mass is 35.5. The van der Waals surface area contributed by atoms with Gasteiger partial charge in [0.2, 0.25) is 35.4 Å². The third-order valence-electron chi connectivity index (χ3n) is 21.0. The van der Waals surface area contributed by atoms with Crippen molar-refractivity contribution in [3.8, 4) is 0 Å². The summed E-state index contributed by atoms with van der Waals surface area (Å²) in [5, 5.41) is 34.4. The Balaban J connectivity index is 0.000000250. The molecule has 0 aromatic heterocycles. The molecule has 548 valence electrons. The summed E-state index contributed by atoms with van der Waals surface area (Å²) in [5.74, 6) is -3.60. The highest BCUT2D eigenvalue weighted by molar-refractivity contribution is 6.31. The van der Waals surface area contributed by atoms with E-state index in [-0.39, 0.29) is 120 Å². The maximum absolute atomic E-state index is 14.6. The number of nitrogens with zero attached hydrogens (tertiary/aromatic N) is 4. The lowest BCUT2D eigenvalue weighted by Crippen LogP contribution is -2.57. The van der Waals surface area contributed by atoms with Gasteiger partial charge in [0.1, 0.15) is 36.4 Å². The Labute approximate surface area is 595 Å². The Bertz CT molecular complexity index is 3020. The van der Waals surface area contributed by atoms with Crippen LogP contribution in [-0.2, 0) is 57.4 Å². The molecule has 2 spiro atoms. The second-order valence-electron chi connectivity index (χ2n) is 31.8. The molecule has 4 saturated heterocycles. The zero-order valence-electron chi connectivity index (χ0n) is 58.7. The summed E-state index contributed by atoms with van der Waals surface area (Å²) in [6.45, 7) is 15.7. The van der Waals surface area contributed by atoms with E-state index in [1.807, 2.05) is 55.4 Å². The molecular formula is C75H110Cl2N8O14. The number of hydrogen-bond donors (Lipinski definition) is 6. The SMILES string of the molecule is C.CCC[C@H](OC(=O)[C@@H]1C[C@@]2(CC(=O)N(c3cccc(Cl)c3)C2)CN1C(=O)[C@@H](NC(=O)CC1CCCCC1)C(C)(C)C)C(O)C(=O)NC1CC1.CCC[C@H](OC(=O)[C@@H]1C[C@]2(CC(=O)N(c3cccc(Cl)c3)C2)CN1C(=O)[C@@H](NC(=O)CC1CCCCC1)C(C)(C)C)C(O)C(=O)NC1CC1. The van der Waals surface area contributed by atoms with E-state index >= 15 is 0 Å². The number of ether oxygens (including phenoxy) is 2. The number of nitrogens with one attached hydrogen (secondary N) is 4. The predicted octanol–water partition coefficient (Wildman–Crippen LogP) is 9.67. The van der Waals surface area contributed by atoms with Crippen LogP contribution in [0.4, 0.5) is 11.4 Å². The van der Waals surface area contributed by atoms with Crippen molar-refractivity contribution in [2.24, 2.45) is 33.5 Å². The second-order valence-corrected chi connectivity index (χ2v) is 32.7. The Morgan fingerprint density at radius 2 is 0.899 bits per heavy atom. The van der Waals surface area contributed by atoms with E-state index < -0.39 is 106 Å². The van der Waals surface area contributed by atoms with Crippen molar-refractivity contribution in [1.82, 2.24) is 31.1 Å². The van der Waals surface area contributed by atoms with Gasteiger partial charge in [-0.05, 0) is 136 Å². The predicted molar refractivity (Wildman–Crippen MR) is 378 cm³/mol. The lowest BCUT2D eigenvalue weighted by Gasteiger charge is -2.36. The number of aliphatic hydroxyl groups excluding tert-OH is 2. The number of esters is 2. The Kier molecular flexibility index (Phi) is 26.6. The third-order valence-corrected chi connectivity index (χ3v) is 21.5. The maximum Gasteiger partial charge on any atom is 0.329 e. The minimum atomic E-state index is -1.56. The van der Waals surface area contributed by atoms with Gasteiger partial charge in [0.15, 0.2) is 12.2 Å². The highest BCUT2D eigenvalue weighted by Crippen LogP contribution is 2.48. The molecule has 99 heavy (non-hydrogen) atoms. The van der Waals surface area contributed by atoms with Crippen LogP contribution >= 0.6 is 23.2 Å². The second kappa shape index (κ2) is 33.6. The molecule has 22 nitrogen and oxygen atoms in total. The van der Waals surface area contributed by atoms with Gasteiger partial charge in [0.05, 0.1) is 0 Å². The van der Waals surface area contributed by atoms with E-state index in [1.165, 1.54) is 22.6 Å². The number of benzene rings is 2. The fourth-order valence-corrected chi connectivity index (χ4v) is 15.7. The molecule has 8 fully saturated rings. The first-order valence-electron chi connectivity index (χ1n) is 36.1. The van der Waals surface area contributed by atoms with Crippen LogP contribution in [0.1, 0.15) is 217 Å². The average Bonchev–Trinajstić information content (AvgIpc) is 1.60. The average molecular weight is 1420 g/mol. The fraction of sp³-hybridized carbons (Fsp3) is 0.707. The first kappa shape index (κ1) is 78.4. The fourth-order valence-electron chi connectivity index (χ4n) is 15.4. The van der Waals surface area contributed by atoms with Gasteiger partial charge in [-0.3, -0.25) is 38.4 Å². The molecule has 24 heteroatoms. The van der Waals surface area contributed by atoms with Gasteiger partial charge in [-0.1, -0.05) is 150 Å². The van der Waals surface area contributed by atoms with E-state index in [0.717, 1.165) is 77.0 Å². The zero-order valence-corrected chi connectivity index (χ0v) is 60.2. The lowest BCUT2D eigenvalue weighted by atomic mass is 9.84. The van der Waals surface area contributed by atoms with Crippen LogP contribution in [0.25, 0.3) is 0 Å². The Hall–Kier alpha value is -6.36. The van der Waals surface area contributed by atoms with Gasteiger partial charge in [0.25, 0.3) is 11.8 Å². The summed E-state index contributed by atoms with van der Waals surface area (Å²) >= 11 is 12.5. The molecule has 4 aliphatic carbocycles. The van der Waals surface area contributed by atoms with Crippen molar-refractivity contribution in [3.63, 3.8) is 0 Å². The summed E-state index contributed by atoms with van der Waals surface area (Å²) in [6, 6.07) is 10.0. The van der Waals surface area contributed by atoms with Crippen molar-refractivity contribution in [2.75, 3.05) is 36.0 Å². The summed E-state index contributed by atoms with van der Waals surface area (Å²) in [4.78, 5) is 143. The standard InChI is InChI=1S/2C37H53ClN4O7.CH4/c2*1-5-10-28(31(45)33(46)39-25-15-16-25)49-35(48)27-19-37(20-30(44)41(21-37)26-14-9-13-24(38)18-26)22-42(27)34(47)32(36(2,3)4)40-29(43)17-23-11-7-6-8-12-23;/h2*9,13-14,18,23,25,27-28,31-32,45H,5-8,10-12,15-17,19-22H2,1-4H3,(H,39,46)(H,40,43);1H4/t27-,28-,31?,32+,37+;27-,28-,31?,32+,37-;/m00./s1. The Morgan fingerprint density at radius 1 is 0.545 bits per heavy atom. The van der Waals surface area contributed by atoms with Crippen LogP contribution in [0.2, 0.25) is 10.0 Å². The molecule has 8 aliphatic rings. The lowest BCUT2D eigenvalue weighted by molar-refractivity contribution is -0.167. The van der Waals surface area contributed by atoms with Crippen LogP contribution in [-0.4, -0.2) is 166 Å². The van der Waals surface area contributed by atoms with Gasteiger partial charge < -0.3 is 60.6 Å². The molecule has 0 radical (unpaired) electrons. The van der Waals surface area contributed by atoms with Crippen molar-refractivity contribution >= 4 is 93.8 Å². The molecule has 2 aromatic carbocycles. The number of aliphatic hydroxyl groups is 2. The third kappa shape index (κ3) is 20.5. The smallest absolute Gasteiger partial charge is 0.329 e. The summed E-state index contributed by atoms with van der Waals surface area (Å²) in [5.41, 5.74) is -1.65. The quantitative estimate of drug-likeness (QED) is 0.0534. The van der Waals surface area contributed by atoms with Gasteiger partial charge in [-0.2, -0.15) is 0 Å². The van der Waals surface area contributed by atoms with Crippen molar-refractivity contribution in [2.45, 2.75) is 278 Å². The van der Waals surface area contributed by atoms with Crippen LogP contribution in [0.3, 0.4) is 0 Å². The summed E-state index contributed by atoms with van der Waals surface area (Å²) in [6.07, 6.45) is 11.5. The largest absolute Gasteiger partial charge is 0.458 e. The van der Waals surface area contributed by atoms with E-state index in [2.05, 4.69) is 21.3 Å². The van der Waals surface area contributed by atoms with E-state index in [4.69, 9.17) is 32.7 Å². The molecule has 10 rings (SSSR count). The first-order valence-corrected chi connectivity index (χ1v) is 36.8. The number of carbonyl (C=O) groups is 10. The van der Waals surface area contributed by atoms with Crippen LogP contribution in [0.5, 0.6) is 0 Å². The molecule has 4 saturated carbocycles. The minimum absolute atomic E-state index is 0. The van der Waals surface area contributed by atoms with Gasteiger partial charge >= 0.3 is 11.9 Å². The van der Waals surface area contributed by atoms with Crippen LogP contribution in [0.15, 0.2) is 48.5 Å². The van der Waals surface area contributed by atoms with Crippen molar-refractivity contribution in [3.05, 3.63) is 58.6 Å². The van der Waals surface area contributed by atoms with Crippen molar-refractivity contribution in [1.29, 1.82) is 0 Å². The number of rotatable bonds is 24. The van der Waals surface area contributed by atoms with Gasteiger partial charge in [-0.15, -0.1) is 0 Å². The number of anilines is 2. The monoisotopic (exact) mass is 1420 g/mol. The number of hydrogen-bond acceptors (Lipinski definition) is 14. The van der Waals surface area contributed by atoms with Crippen LogP contribution < -0.4 is 31.1 Å². The van der Waals surface area contributed by atoms with Gasteiger partial charge in [-0.25, -0.2) is 9.59 Å². The van der Waals surface area contributed by atoms with Crippen molar-refractivity contribution < 1.29 is 67.6 Å². The minimum Gasteiger partial charge on any atom is -0.458 e. The Morgan fingerprint density at radius 3 is 1.21 bits per heavy atom. The number of likely N-dealkylation sites (tertiary alicyclic amines) is 2. The summed E-state index contributed by atoms with van der Waals surface area (Å²) in [7, 11) is 0. The molecular weight excluding hydrogens is 1310 g/mol. The summed E-state index contributed by atoms with van der Waals surface area (Å²) < 4.78 is 11.8. The molecule has 2 aromatic rings. The molecule has 10 atom stereocenters. The number of amides is 8. The first-order chi connectivity index (χ1) is 46.4. The molecule has 6 N–H and O–H groups in total. The molecule has 0 bridgehead atoms. The number of halogens is 2. The molecule has 4 aliphatic heterocycles.